The molecule has 0 spiro atoms. The maximum Gasteiger partial charge on any atom is 0.494 e. The molecule has 1 aliphatic heterocycles. The van der Waals surface area contributed by atoms with Crippen LogP contribution in [0.5, 0.6) is 0 Å². The summed E-state index contributed by atoms with van der Waals surface area (Å²) in [4.78, 5) is 10.6. The van der Waals surface area contributed by atoms with E-state index in [1.165, 1.54) is 0 Å². The molecule has 0 unspecified atom stereocenters. The zero-order chi connectivity index (χ0) is 15.8. The van der Waals surface area contributed by atoms with E-state index >= 15 is 0 Å². The highest BCUT2D eigenvalue weighted by molar-refractivity contribution is 6.62. The van der Waals surface area contributed by atoms with Crippen molar-refractivity contribution in [3.05, 3.63) is 28.8 Å². The van der Waals surface area contributed by atoms with Crippen LogP contribution in [0.3, 0.4) is 0 Å². The zero-order valence-electron chi connectivity index (χ0n) is 12.6. The summed E-state index contributed by atoms with van der Waals surface area (Å²) >= 11 is 6.19. The van der Waals surface area contributed by atoms with Gasteiger partial charge in [0.05, 0.1) is 11.2 Å². The number of carbonyl (C=O) groups is 1. The van der Waals surface area contributed by atoms with Gasteiger partial charge in [0.15, 0.2) is 0 Å². The molecular weight excluding hydrogens is 292 g/mol. The van der Waals surface area contributed by atoms with Gasteiger partial charge in [-0.2, -0.15) is 0 Å². The average molecular weight is 312 g/mol. The molecule has 1 amide bonds. The molecule has 1 aliphatic rings. The van der Waals surface area contributed by atoms with E-state index in [9.17, 15) is 4.79 Å². The van der Waals surface area contributed by atoms with Gasteiger partial charge in [-0.3, -0.25) is 0 Å². The molecule has 114 valence electrons. The number of primary amides is 1. The molecule has 1 fully saturated rings. The molecule has 0 aliphatic carbocycles. The third kappa shape index (κ3) is 3.34. The predicted octanol–water partition coefficient (Wildman–Crippen LogP) is 2.23. The average Bonchev–Trinajstić information content (AvgIpc) is 2.56. The fourth-order valence-electron chi connectivity index (χ4n) is 1.96. The Morgan fingerprint density at radius 3 is 2.33 bits per heavy atom. The highest BCUT2D eigenvalue weighted by atomic mass is 35.5. The highest BCUT2D eigenvalue weighted by Gasteiger charge is 2.51. The monoisotopic (exact) mass is 311 g/mol. The second-order valence-electron chi connectivity index (χ2n) is 6.05. The van der Waals surface area contributed by atoms with Crippen molar-refractivity contribution in [3.63, 3.8) is 0 Å². The summed E-state index contributed by atoms with van der Waals surface area (Å²) in [7, 11) is -0.474. The highest BCUT2D eigenvalue weighted by Crippen LogP contribution is 2.36. The van der Waals surface area contributed by atoms with Crippen LogP contribution in [0.25, 0.3) is 0 Å². The number of nitrogens with two attached hydrogens (primary N) is 1. The van der Waals surface area contributed by atoms with E-state index in [0.29, 0.717) is 10.6 Å². The van der Waals surface area contributed by atoms with Gasteiger partial charge in [-0.1, -0.05) is 23.7 Å². The molecule has 0 radical (unpaired) electrons. The molecule has 1 saturated heterocycles. The molecule has 0 bridgehead atoms. The van der Waals surface area contributed by atoms with E-state index in [0.717, 1.165) is 5.46 Å². The van der Waals surface area contributed by atoms with Crippen molar-refractivity contribution in [2.45, 2.75) is 45.5 Å². The van der Waals surface area contributed by atoms with E-state index in [4.69, 9.17) is 31.4 Å². The van der Waals surface area contributed by atoms with Crippen molar-refractivity contribution in [1.82, 2.24) is 0 Å². The van der Waals surface area contributed by atoms with E-state index in [2.05, 4.69) is 0 Å². The quantitative estimate of drug-likeness (QED) is 0.869. The fraction of sp³-hybridized carbons (Fsp3) is 0.500. The van der Waals surface area contributed by atoms with Gasteiger partial charge in [-0.05, 0) is 39.2 Å². The maximum atomic E-state index is 10.6. The minimum atomic E-state index is -0.832. The molecule has 21 heavy (non-hydrogen) atoms. The normalized spacial score (nSPS) is 19.6. The van der Waals surface area contributed by atoms with Gasteiger partial charge in [0.25, 0.3) is 0 Å². The van der Waals surface area contributed by atoms with Crippen LogP contribution in [0.1, 0.15) is 33.3 Å². The van der Waals surface area contributed by atoms with Gasteiger partial charge in [-0.25, -0.2) is 4.79 Å². The van der Waals surface area contributed by atoms with Crippen LogP contribution in [0, 0.1) is 0 Å². The Bertz CT molecular complexity index is 546. The molecule has 1 aromatic carbocycles. The number of amides is 1. The first kappa shape index (κ1) is 16.1. The van der Waals surface area contributed by atoms with Crippen molar-refractivity contribution in [2.24, 2.45) is 5.73 Å². The van der Waals surface area contributed by atoms with Crippen molar-refractivity contribution in [2.75, 3.05) is 0 Å². The summed E-state index contributed by atoms with van der Waals surface area (Å²) in [5.41, 5.74) is 5.62. The second-order valence-corrected chi connectivity index (χ2v) is 6.45. The topological polar surface area (TPSA) is 70.8 Å². The van der Waals surface area contributed by atoms with Gasteiger partial charge in [0, 0.05) is 10.6 Å². The van der Waals surface area contributed by atoms with Gasteiger partial charge in [-0.15, -0.1) is 0 Å². The van der Waals surface area contributed by atoms with Crippen molar-refractivity contribution in [1.29, 1.82) is 0 Å². The standard InChI is InChI=1S/C14H19BClNO4/c1-13(2)14(3,4)21-15(20-13)10-6-5-9(11(16)7-10)8-19-12(17)18/h5-7H,8H2,1-4H3,(H2,17,18). The minimum absolute atomic E-state index is 0.0395. The van der Waals surface area contributed by atoms with E-state index in [1.807, 2.05) is 33.8 Å². The number of halogens is 1. The Morgan fingerprint density at radius 1 is 1.29 bits per heavy atom. The summed E-state index contributed by atoms with van der Waals surface area (Å²) < 4.78 is 16.6. The first-order chi connectivity index (χ1) is 9.62. The molecule has 2 rings (SSSR count). The maximum absolute atomic E-state index is 10.6. The molecule has 0 aromatic heterocycles. The molecular formula is C14H19BClNO4. The Labute approximate surface area is 129 Å². The lowest BCUT2D eigenvalue weighted by atomic mass is 9.79. The van der Waals surface area contributed by atoms with Crippen molar-refractivity contribution < 1.29 is 18.8 Å². The van der Waals surface area contributed by atoms with Crippen LogP contribution in [0.15, 0.2) is 18.2 Å². The zero-order valence-corrected chi connectivity index (χ0v) is 13.4. The second kappa shape index (κ2) is 5.52. The van der Waals surface area contributed by atoms with Crippen LogP contribution in [-0.2, 0) is 20.7 Å². The predicted molar refractivity (Wildman–Crippen MR) is 81.5 cm³/mol. The summed E-state index contributed by atoms with van der Waals surface area (Å²) in [5.74, 6) is 0. The lowest BCUT2D eigenvalue weighted by Crippen LogP contribution is -2.41. The summed E-state index contributed by atoms with van der Waals surface area (Å²) in [6, 6.07) is 5.36. The number of rotatable bonds is 3. The van der Waals surface area contributed by atoms with Crippen LogP contribution in [0.2, 0.25) is 5.02 Å². The van der Waals surface area contributed by atoms with E-state index < -0.39 is 24.4 Å². The Balaban J connectivity index is 2.16. The third-order valence-electron chi connectivity index (χ3n) is 3.97. The molecule has 0 atom stereocenters. The van der Waals surface area contributed by atoms with Crippen LogP contribution >= 0.6 is 11.6 Å². The van der Waals surface area contributed by atoms with Crippen LogP contribution in [0.4, 0.5) is 4.79 Å². The first-order valence-corrected chi connectivity index (χ1v) is 7.06. The third-order valence-corrected chi connectivity index (χ3v) is 4.32. The molecule has 0 saturated carbocycles. The lowest BCUT2D eigenvalue weighted by Gasteiger charge is -2.32. The van der Waals surface area contributed by atoms with Crippen molar-refractivity contribution in [3.8, 4) is 0 Å². The summed E-state index contributed by atoms with van der Waals surface area (Å²) in [6.07, 6.45) is -0.832. The van der Waals surface area contributed by atoms with Crippen LogP contribution < -0.4 is 11.2 Å². The first-order valence-electron chi connectivity index (χ1n) is 6.68. The Kier molecular flexibility index (Phi) is 4.24. The number of carbonyl (C=O) groups excluding carboxylic acids is 1. The molecule has 5 nitrogen and oxygen atoms in total. The Hall–Kier alpha value is -1.24. The van der Waals surface area contributed by atoms with Gasteiger partial charge in [0.2, 0.25) is 0 Å². The molecule has 7 heteroatoms. The van der Waals surface area contributed by atoms with E-state index in [-0.39, 0.29) is 6.61 Å². The summed E-state index contributed by atoms with van der Waals surface area (Å²) in [5, 5.41) is 0.475. The van der Waals surface area contributed by atoms with Crippen LogP contribution in [-0.4, -0.2) is 24.4 Å². The fourth-order valence-corrected chi connectivity index (χ4v) is 2.20. The van der Waals surface area contributed by atoms with Gasteiger partial charge >= 0.3 is 13.2 Å². The Morgan fingerprint density at radius 2 is 1.86 bits per heavy atom. The SMILES string of the molecule is CC1(C)OB(c2ccc(COC(N)=O)c(Cl)c2)OC1(C)C. The number of benzene rings is 1. The number of ether oxygens (including phenoxy) is 1. The molecule has 2 N–H and O–H groups in total. The number of hydrogen-bond donors (Lipinski definition) is 1. The van der Waals surface area contributed by atoms with E-state index in [1.54, 1.807) is 12.1 Å². The smallest absolute Gasteiger partial charge is 0.445 e. The molecule has 1 heterocycles. The lowest BCUT2D eigenvalue weighted by molar-refractivity contribution is 0.00578. The van der Waals surface area contributed by atoms with Crippen molar-refractivity contribution >= 4 is 30.3 Å². The largest absolute Gasteiger partial charge is 0.494 e. The summed E-state index contributed by atoms with van der Waals surface area (Å²) in [6.45, 7) is 8.00. The van der Waals surface area contributed by atoms with Gasteiger partial charge < -0.3 is 19.8 Å². The molecule has 1 aromatic rings. The number of hydrogen-bond acceptors (Lipinski definition) is 4. The van der Waals surface area contributed by atoms with Gasteiger partial charge in [0.1, 0.15) is 6.61 Å². The minimum Gasteiger partial charge on any atom is -0.445 e.